The number of benzene rings is 6. The van der Waals surface area contributed by atoms with Gasteiger partial charge < -0.3 is 8.83 Å². The molecule has 0 saturated carbocycles. The van der Waals surface area contributed by atoms with Crippen LogP contribution in [0.1, 0.15) is 92.2 Å². The minimum Gasteiger partial charge on any atom is -0.462 e. The normalized spacial score (nSPS) is 17.7. The van der Waals surface area contributed by atoms with E-state index in [9.17, 15) is 0 Å². The number of fused-ring (bicyclic) bond motifs is 6. The van der Waals surface area contributed by atoms with Gasteiger partial charge in [-0.05, 0) is 189 Å². The summed E-state index contributed by atoms with van der Waals surface area (Å²) in [5.74, 6) is 4.53. The first-order chi connectivity index (χ1) is 29.1. The van der Waals surface area contributed by atoms with E-state index in [0.717, 1.165) is 70.3 Å². The third-order valence-corrected chi connectivity index (χ3v) is 15.3. The minimum absolute atomic E-state index is 0.277. The molecule has 2 aromatic heterocycles. The van der Waals surface area contributed by atoms with Gasteiger partial charge in [-0.15, -0.1) is 0 Å². The van der Waals surface area contributed by atoms with Gasteiger partial charge in [0.1, 0.15) is 23.0 Å². The monoisotopic (exact) mass is 778 g/mol. The number of hydrogen-bond acceptors (Lipinski definition) is 2. The first kappa shape index (κ1) is 35.1. The van der Waals surface area contributed by atoms with Crippen LogP contribution in [0.25, 0.3) is 67.1 Å². The highest BCUT2D eigenvalue weighted by Crippen LogP contribution is 2.54. The fourth-order valence-corrected chi connectivity index (χ4v) is 12.9. The van der Waals surface area contributed by atoms with E-state index in [4.69, 9.17) is 8.83 Å². The lowest BCUT2D eigenvalue weighted by Gasteiger charge is -2.22. The summed E-state index contributed by atoms with van der Waals surface area (Å²) in [6.07, 6.45) is 12.1. The van der Waals surface area contributed by atoms with Crippen LogP contribution in [0.4, 0.5) is 0 Å². The van der Waals surface area contributed by atoms with Crippen molar-refractivity contribution >= 4 is 54.4 Å². The maximum absolute atomic E-state index is 6.49. The Kier molecular flexibility index (Phi) is 8.23. The highest BCUT2D eigenvalue weighted by atomic mass is 28.2. The summed E-state index contributed by atoms with van der Waals surface area (Å²) in [5.41, 5.74) is 20.3. The molecule has 3 heteroatoms. The Balaban J connectivity index is 0.964. The summed E-state index contributed by atoms with van der Waals surface area (Å²) in [7, 11) is 0.751. The molecular weight excluding hydrogens is 733 g/mol. The van der Waals surface area contributed by atoms with Gasteiger partial charge in [-0.25, -0.2) is 0 Å². The van der Waals surface area contributed by atoms with Crippen LogP contribution in [0.5, 0.6) is 0 Å². The van der Waals surface area contributed by atoms with E-state index in [1.165, 1.54) is 90.0 Å². The van der Waals surface area contributed by atoms with Crippen molar-refractivity contribution < 1.29 is 8.83 Å². The van der Waals surface area contributed by atoms with Crippen molar-refractivity contribution in [1.82, 2.24) is 0 Å². The fourth-order valence-electron chi connectivity index (χ4n) is 11.3. The Bertz CT molecular complexity index is 2860. The second kappa shape index (κ2) is 13.9. The molecule has 0 N–H and O–H groups in total. The maximum atomic E-state index is 6.49. The lowest BCUT2D eigenvalue weighted by molar-refractivity contribution is 0.518. The van der Waals surface area contributed by atoms with Gasteiger partial charge in [-0.1, -0.05) is 97.1 Å². The quantitative estimate of drug-likeness (QED) is 0.144. The molecule has 0 aliphatic heterocycles. The maximum Gasteiger partial charge on any atom is 0.130 e. The van der Waals surface area contributed by atoms with Gasteiger partial charge in [0, 0.05) is 32.5 Å². The Morgan fingerprint density at radius 1 is 0.508 bits per heavy atom. The van der Waals surface area contributed by atoms with Crippen LogP contribution in [-0.4, -0.2) is 9.52 Å². The number of rotatable bonds is 8. The van der Waals surface area contributed by atoms with Gasteiger partial charge in [-0.3, -0.25) is 0 Å². The molecule has 2 unspecified atom stereocenters. The van der Waals surface area contributed by atoms with Crippen LogP contribution in [0.15, 0.2) is 130 Å². The average molecular weight is 779 g/mol. The summed E-state index contributed by atoms with van der Waals surface area (Å²) >= 11 is 0. The largest absolute Gasteiger partial charge is 0.462 e. The predicted molar refractivity (Wildman–Crippen MR) is 246 cm³/mol. The first-order valence-corrected chi connectivity index (χ1v) is 23.1. The number of aryl methyl sites for hydroxylation is 4. The van der Waals surface area contributed by atoms with Gasteiger partial charge in [0.2, 0.25) is 0 Å². The molecule has 286 valence electrons. The molecule has 12 rings (SSSR count). The molecule has 0 saturated heterocycles. The van der Waals surface area contributed by atoms with Gasteiger partial charge in [0.15, 0.2) is 0 Å². The molecule has 0 spiro atoms. The zero-order valence-electron chi connectivity index (χ0n) is 33.8. The van der Waals surface area contributed by atoms with Gasteiger partial charge >= 0.3 is 0 Å². The molecule has 6 aromatic carbocycles. The smallest absolute Gasteiger partial charge is 0.130 e. The van der Waals surface area contributed by atoms with Crippen LogP contribution in [0.3, 0.4) is 0 Å². The molecule has 2 atom stereocenters. The summed E-state index contributed by atoms with van der Waals surface area (Å²) < 4.78 is 13.0. The molecule has 8 aromatic rings. The van der Waals surface area contributed by atoms with E-state index in [1.807, 2.05) is 0 Å². The van der Waals surface area contributed by atoms with E-state index in [0.29, 0.717) is 0 Å². The van der Waals surface area contributed by atoms with Crippen LogP contribution in [0, 0.1) is 13.8 Å². The second-order valence-electron chi connectivity index (χ2n) is 17.3. The molecule has 4 aliphatic rings. The lowest BCUT2D eigenvalue weighted by atomic mass is 9.85. The van der Waals surface area contributed by atoms with Crippen molar-refractivity contribution in [3.63, 3.8) is 0 Å². The van der Waals surface area contributed by atoms with Crippen LogP contribution < -0.4 is 0 Å². The summed E-state index contributed by atoms with van der Waals surface area (Å²) in [5, 5.41) is 5.29. The second-order valence-corrected chi connectivity index (χ2v) is 18.6. The van der Waals surface area contributed by atoms with Crippen LogP contribution in [-0.2, 0) is 25.7 Å². The number of hydrogen-bond donors (Lipinski definition) is 0. The van der Waals surface area contributed by atoms with Crippen LogP contribution >= 0.6 is 0 Å². The summed E-state index contributed by atoms with van der Waals surface area (Å²) in [6, 6.07) is 47.6. The van der Waals surface area contributed by atoms with Crippen molar-refractivity contribution in [2.45, 2.75) is 76.3 Å². The SMILES string of the molecule is Cc1ccc(C2=Cc3c(cc4c(c3-c3cccc5ccccc35)CCC4)C2C[Si]CC2C(c3ccc(C)o3)=Cc3c2cc2c(c3-c3cccc4ccccc34)CCC2)o1. The van der Waals surface area contributed by atoms with Crippen molar-refractivity contribution in [1.29, 1.82) is 0 Å². The molecule has 2 heterocycles. The highest BCUT2D eigenvalue weighted by Gasteiger charge is 2.36. The van der Waals surface area contributed by atoms with E-state index >= 15 is 0 Å². The summed E-state index contributed by atoms with van der Waals surface area (Å²) in [4.78, 5) is 0. The lowest BCUT2D eigenvalue weighted by Crippen LogP contribution is -2.09. The third kappa shape index (κ3) is 5.65. The minimum atomic E-state index is 0.277. The molecular formula is C56H46O2Si. The van der Waals surface area contributed by atoms with Crippen molar-refractivity contribution in [2.24, 2.45) is 0 Å². The Morgan fingerprint density at radius 2 is 0.966 bits per heavy atom. The summed E-state index contributed by atoms with van der Waals surface area (Å²) in [6.45, 7) is 4.15. The van der Waals surface area contributed by atoms with Crippen molar-refractivity contribution in [2.75, 3.05) is 0 Å². The zero-order chi connectivity index (χ0) is 39.2. The predicted octanol–water partition coefficient (Wildman–Crippen LogP) is 14.6. The van der Waals surface area contributed by atoms with E-state index in [2.05, 4.69) is 147 Å². The first-order valence-electron chi connectivity index (χ1n) is 21.7. The Morgan fingerprint density at radius 3 is 1.42 bits per heavy atom. The fraction of sp³-hybridized carbons (Fsp3) is 0.214. The molecule has 2 radical (unpaired) electrons. The van der Waals surface area contributed by atoms with E-state index < -0.39 is 0 Å². The molecule has 2 nitrogen and oxygen atoms in total. The zero-order valence-corrected chi connectivity index (χ0v) is 34.8. The molecule has 0 fully saturated rings. The molecule has 0 amide bonds. The molecule has 0 bridgehead atoms. The molecule has 59 heavy (non-hydrogen) atoms. The topological polar surface area (TPSA) is 26.3 Å². The molecule has 4 aliphatic carbocycles. The number of furan rings is 2. The Labute approximate surface area is 349 Å². The van der Waals surface area contributed by atoms with Gasteiger partial charge in [-0.2, -0.15) is 0 Å². The Hall–Kier alpha value is -5.90. The van der Waals surface area contributed by atoms with E-state index in [1.54, 1.807) is 22.3 Å². The number of allylic oxidation sites excluding steroid dienone is 2. The third-order valence-electron chi connectivity index (χ3n) is 13.9. The standard InChI is InChI=1S/C56H46O2Si/c1-33-23-25-53(57-33)47-29-49-45(27-37-15-9-19-41(37)55(49)43-21-7-13-35-11-3-5-17-39(35)43)51(47)31-59-32-52-46-28-38-16-10-20-42(38)56(44-22-8-14-36-12-4-6-18-40(36)44)50(46)30-48(52)54-26-24-34(2)58-54/h3-8,11-14,17-18,21-30,51-52H,9-10,15-16,19-20,31-32H2,1-2H3. The van der Waals surface area contributed by atoms with E-state index in [-0.39, 0.29) is 11.8 Å². The van der Waals surface area contributed by atoms with Gasteiger partial charge in [0.25, 0.3) is 0 Å². The van der Waals surface area contributed by atoms with Crippen LogP contribution in [0.2, 0.25) is 12.1 Å². The highest BCUT2D eigenvalue weighted by molar-refractivity contribution is 6.37. The van der Waals surface area contributed by atoms with Crippen molar-refractivity contribution in [3.05, 3.63) is 189 Å². The average Bonchev–Trinajstić information content (AvgIpc) is 4.13. The van der Waals surface area contributed by atoms with Gasteiger partial charge in [0.05, 0.1) is 0 Å². The van der Waals surface area contributed by atoms with Crippen molar-refractivity contribution in [3.8, 4) is 22.3 Å².